The number of anilines is 1. The van der Waals surface area contributed by atoms with Gasteiger partial charge in [-0.3, -0.25) is 0 Å². The van der Waals surface area contributed by atoms with Gasteiger partial charge in [0, 0.05) is 6.20 Å². The highest BCUT2D eigenvalue weighted by atomic mass is 35.5. The summed E-state index contributed by atoms with van der Waals surface area (Å²) >= 11 is 5.68. The van der Waals surface area contributed by atoms with Crippen molar-refractivity contribution in [3.05, 3.63) is 46.7 Å². The second kappa shape index (κ2) is 5.14. The molecule has 0 bridgehead atoms. The lowest BCUT2D eigenvalue weighted by atomic mass is 10.2. The maximum Gasteiger partial charge on any atom is 0.264 e. The minimum absolute atomic E-state index is 0.0494. The van der Waals surface area contributed by atoms with E-state index in [1.54, 1.807) is 12.1 Å². The smallest absolute Gasteiger partial charge is 0.247 e. The van der Waals surface area contributed by atoms with Gasteiger partial charge in [0.25, 0.3) is 10.0 Å². The van der Waals surface area contributed by atoms with Crippen molar-refractivity contribution in [2.24, 2.45) is 0 Å². The Balaban J connectivity index is 2.37. The second-order valence-electron chi connectivity index (χ2n) is 4.13. The molecule has 0 spiro atoms. The number of rotatable bonds is 3. The van der Waals surface area contributed by atoms with E-state index in [1.807, 2.05) is 19.9 Å². The maximum absolute atomic E-state index is 12.2. The van der Waals surface area contributed by atoms with Crippen molar-refractivity contribution in [1.82, 2.24) is 9.97 Å². The first-order valence-electron chi connectivity index (χ1n) is 5.46. The van der Waals surface area contributed by atoms with Crippen molar-refractivity contribution < 1.29 is 8.42 Å². The Morgan fingerprint density at radius 2 is 1.79 bits per heavy atom. The zero-order valence-electron chi connectivity index (χ0n) is 10.4. The Kier molecular flexibility index (Phi) is 3.73. The third-order valence-corrected chi connectivity index (χ3v) is 3.87. The minimum Gasteiger partial charge on any atom is -0.247 e. The molecular formula is C12H12ClN3O2S. The van der Waals surface area contributed by atoms with Gasteiger partial charge in [-0.1, -0.05) is 17.7 Å². The summed E-state index contributed by atoms with van der Waals surface area (Å²) < 4.78 is 26.7. The van der Waals surface area contributed by atoms with E-state index in [1.165, 1.54) is 12.3 Å². The van der Waals surface area contributed by atoms with Crippen LogP contribution in [0.5, 0.6) is 0 Å². The van der Waals surface area contributed by atoms with Crippen LogP contribution < -0.4 is 4.72 Å². The fourth-order valence-corrected chi connectivity index (χ4v) is 2.93. The summed E-state index contributed by atoms with van der Waals surface area (Å²) in [5, 5.41) is 0.174. The van der Waals surface area contributed by atoms with Gasteiger partial charge in [0.15, 0.2) is 0 Å². The first-order chi connectivity index (χ1) is 8.87. The quantitative estimate of drug-likeness (QED) is 0.884. The predicted octanol–water partition coefficient (Wildman–Crippen LogP) is 2.55. The van der Waals surface area contributed by atoms with Crippen molar-refractivity contribution in [2.45, 2.75) is 18.7 Å². The molecule has 0 aliphatic carbocycles. The van der Waals surface area contributed by atoms with Crippen molar-refractivity contribution in [3.63, 3.8) is 0 Å². The van der Waals surface area contributed by atoms with E-state index in [2.05, 4.69) is 14.7 Å². The molecule has 7 heteroatoms. The van der Waals surface area contributed by atoms with Crippen LogP contribution in [0.25, 0.3) is 0 Å². The summed E-state index contributed by atoms with van der Waals surface area (Å²) in [6.45, 7) is 3.67. The van der Waals surface area contributed by atoms with E-state index in [-0.39, 0.29) is 16.0 Å². The largest absolute Gasteiger partial charge is 0.264 e. The van der Waals surface area contributed by atoms with E-state index in [0.717, 1.165) is 11.1 Å². The topological polar surface area (TPSA) is 72.0 Å². The van der Waals surface area contributed by atoms with Crippen molar-refractivity contribution in [1.29, 1.82) is 0 Å². The van der Waals surface area contributed by atoms with Crippen LogP contribution in [-0.4, -0.2) is 18.4 Å². The molecule has 2 rings (SSSR count). The Hall–Kier alpha value is -1.66. The molecule has 2 aromatic rings. The number of sulfonamides is 1. The van der Waals surface area contributed by atoms with Crippen LogP contribution in [0.3, 0.4) is 0 Å². The normalized spacial score (nSPS) is 11.3. The van der Waals surface area contributed by atoms with Gasteiger partial charge in [-0.25, -0.2) is 23.1 Å². The molecule has 1 N–H and O–H groups in total. The van der Waals surface area contributed by atoms with Gasteiger partial charge in [-0.2, -0.15) is 0 Å². The Morgan fingerprint density at radius 1 is 1.16 bits per heavy atom. The molecular weight excluding hydrogens is 286 g/mol. The first-order valence-corrected chi connectivity index (χ1v) is 7.32. The molecule has 0 saturated heterocycles. The minimum atomic E-state index is -3.71. The average molecular weight is 298 g/mol. The van der Waals surface area contributed by atoms with Gasteiger partial charge in [0.2, 0.25) is 5.95 Å². The molecule has 0 atom stereocenters. The molecule has 19 heavy (non-hydrogen) atoms. The average Bonchev–Trinajstić information content (AvgIpc) is 2.26. The van der Waals surface area contributed by atoms with E-state index in [4.69, 9.17) is 11.6 Å². The molecule has 0 radical (unpaired) electrons. The molecule has 100 valence electrons. The van der Waals surface area contributed by atoms with E-state index in [9.17, 15) is 8.42 Å². The van der Waals surface area contributed by atoms with E-state index >= 15 is 0 Å². The third kappa shape index (κ3) is 3.42. The number of nitrogens with zero attached hydrogens (tertiary/aromatic N) is 2. The van der Waals surface area contributed by atoms with Gasteiger partial charge in [0.1, 0.15) is 5.15 Å². The molecule has 0 unspecified atom stereocenters. The number of hydrogen-bond donors (Lipinski definition) is 1. The lowest BCUT2D eigenvalue weighted by molar-refractivity contribution is 0.600. The Labute approximate surface area is 116 Å². The monoisotopic (exact) mass is 297 g/mol. The number of aryl methyl sites for hydroxylation is 2. The third-order valence-electron chi connectivity index (χ3n) is 2.35. The Morgan fingerprint density at radius 3 is 2.37 bits per heavy atom. The van der Waals surface area contributed by atoms with E-state index in [0.29, 0.717) is 0 Å². The summed E-state index contributed by atoms with van der Waals surface area (Å²) in [6.07, 6.45) is 1.38. The molecule has 0 aliphatic rings. The summed E-state index contributed by atoms with van der Waals surface area (Å²) in [5.74, 6) is -0.0494. The molecule has 1 heterocycles. The lowest BCUT2D eigenvalue weighted by Gasteiger charge is -2.08. The zero-order valence-corrected chi connectivity index (χ0v) is 12.0. The highest BCUT2D eigenvalue weighted by molar-refractivity contribution is 7.92. The molecule has 1 aromatic heterocycles. The number of halogens is 1. The van der Waals surface area contributed by atoms with Crippen LogP contribution in [0.15, 0.2) is 35.4 Å². The summed E-state index contributed by atoms with van der Waals surface area (Å²) in [4.78, 5) is 7.78. The standard InChI is InChI=1S/C12H12ClN3O2S/c1-8-5-9(2)7-10(6-8)19(17,18)16-12-14-4-3-11(13)15-12/h3-7H,1-2H3,(H,14,15,16). The van der Waals surface area contributed by atoms with Crippen LogP contribution in [0.1, 0.15) is 11.1 Å². The van der Waals surface area contributed by atoms with Crippen molar-refractivity contribution in [2.75, 3.05) is 4.72 Å². The SMILES string of the molecule is Cc1cc(C)cc(S(=O)(=O)Nc2nccc(Cl)n2)c1. The summed E-state index contributed by atoms with van der Waals surface area (Å²) in [7, 11) is -3.71. The zero-order chi connectivity index (χ0) is 14.0. The molecule has 0 saturated carbocycles. The fourth-order valence-electron chi connectivity index (χ4n) is 1.65. The molecule has 0 fully saturated rings. The van der Waals surface area contributed by atoms with Gasteiger partial charge >= 0.3 is 0 Å². The fraction of sp³-hybridized carbons (Fsp3) is 0.167. The highest BCUT2D eigenvalue weighted by Gasteiger charge is 2.16. The van der Waals surface area contributed by atoms with Gasteiger partial charge < -0.3 is 0 Å². The summed E-state index contributed by atoms with van der Waals surface area (Å²) in [5.41, 5.74) is 1.74. The van der Waals surface area contributed by atoms with Gasteiger partial charge in [-0.15, -0.1) is 0 Å². The highest BCUT2D eigenvalue weighted by Crippen LogP contribution is 2.17. The number of hydrogen-bond acceptors (Lipinski definition) is 4. The number of aromatic nitrogens is 2. The van der Waals surface area contributed by atoms with Crippen LogP contribution in [0.4, 0.5) is 5.95 Å². The number of benzene rings is 1. The second-order valence-corrected chi connectivity index (χ2v) is 6.20. The van der Waals surface area contributed by atoms with Crippen LogP contribution in [0.2, 0.25) is 5.15 Å². The van der Waals surface area contributed by atoms with Gasteiger partial charge in [0.05, 0.1) is 4.90 Å². The lowest BCUT2D eigenvalue weighted by Crippen LogP contribution is -2.15. The van der Waals surface area contributed by atoms with E-state index < -0.39 is 10.0 Å². The van der Waals surface area contributed by atoms with Crippen LogP contribution in [-0.2, 0) is 10.0 Å². The van der Waals surface area contributed by atoms with Crippen molar-refractivity contribution >= 4 is 27.6 Å². The predicted molar refractivity (Wildman–Crippen MR) is 73.8 cm³/mol. The number of nitrogens with one attached hydrogen (secondary N) is 1. The van der Waals surface area contributed by atoms with Gasteiger partial charge in [-0.05, 0) is 43.2 Å². The first kappa shape index (κ1) is 13.8. The molecule has 5 nitrogen and oxygen atoms in total. The molecule has 0 aliphatic heterocycles. The summed E-state index contributed by atoms with van der Waals surface area (Å²) in [6, 6.07) is 6.53. The molecule has 1 aromatic carbocycles. The Bertz CT molecular complexity index is 696. The van der Waals surface area contributed by atoms with Crippen molar-refractivity contribution in [3.8, 4) is 0 Å². The van der Waals surface area contributed by atoms with Crippen LogP contribution in [0, 0.1) is 13.8 Å². The molecule has 0 amide bonds. The van der Waals surface area contributed by atoms with Crippen LogP contribution >= 0.6 is 11.6 Å². The maximum atomic E-state index is 12.2.